The molecule has 0 aromatic carbocycles. The van der Waals surface area contributed by atoms with Crippen molar-refractivity contribution >= 4 is 5.97 Å². The van der Waals surface area contributed by atoms with Crippen LogP contribution >= 0.6 is 0 Å². The van der Waals surface area contributed by atoms with Crippen LogP contribution in [0.4, 0.5) is 0 Å². The summed E-state index contributed by atoms with van der Waals surface area (Å²) in [5.74, 6) is 0.976. The number of ether oxygens (including phenoxy) is 1. The van der Waals surface area contributed by atoms with Gasteiger partial charge >= 0.3 is 5.97 Å². The minimum atomic E-state index is -0.657. The molecule has 0 bridgehead atoms. The molecule has 2 saturated carbocycles. The number of hydrogen-bond donors (Lipinski definition) is 1. The van der Waals surface area contributed by atoms with E-state index in [4.69, 9.17) is 4.74 Å². The Labute approximate surface area is 115 Å². The van der Waals surface area contributed by atoms with Crippen LogP contribution in [0.15, 0.2) is 11.1 Å². The van der Waals surface area contributed by atoms with Crippen molar-refractivity contribution in [1.82, 2.24) is 0 Å². The van der Waals surface area contributed by atoms with Gasteiger partial charge in [0, 0.05) is 10.8 Å². The second kappa shape index (κ2) is 3.85. The number of rotatable bonds is 1. The van der Waals surface area contributed by atoms with Crippen molar-refractivity contribution in [2.75, 3.05) is 7.11 Å². The number of hydrogen-bond acceptors (Lipinski definition) is 3. The summed E-state index contributed by atoms with van der Waals surface area (Å²) in [6, 6.07) is 0. The third-order valence-corrected chi connectivity index (χ3v) is 6.66. The van der Waals surface area contributed by atoms with Gasteiger partial charge in [0.15, 0.2) is 0 Å². The van der Waals surface area contributed by atoms with E-state index >= 15 is 0 Å². The molecule has 3 heteroatoms. The molecule has 19 heavy (non-hydrogen) atoms. The Kier molecular flexibility index (Phi) is 2.66. The molecule has 106 valence electrons. The quantitative estimate of drug-likeness (QED) is 0.741. The molecule has 2 fully saturated rings. The Morgan fingerprint density at radius 1 is 1.37 bits per heavy atom. The molecule has 0 aromatic rings. The van der Waals surface area contributed by atoms with E-state index in [0.29, 0.717) is 17.4 Å². The third kappa shape index (κ3) is 1.25. The molecule has 5 atom stereocenters. The molecule has 0 amide bonds. The molecule has 0 aliphatic heterocycles. The van der Waals surface area contributed by atoms with E-state index < -0.39 is 6.10 Å². The Morgan fingerprint density at radius 2 is 2.05 bits per heavy atom. The van der Waals surface area contributed by atoms with E-state index in [1.165, 1.54) is 20.0 Å². The molecular weight excluding hydrogens is 240 g/mol. The highest BCUT2D eigenvalue weighted by atomic mass is 16.5. The van der Waals surface area contributed by atoms with Gasteiger partial charge in [-0.2, -0.15) is 0 Å². The average Bonchev–Trinajstić information content (AvgIpc) is 2.92. The van der Waals surface area contributed by atoms with Crippen molar-refractivity contribution in [1.29, 1.82) is 0 Å². The lowest BCUT2D eigenvalue weighted by atomic mass is 9.62. The molecule has 0 saturated heterocycles. The monoisotopic (exact) mass is 264 g/mol. The van der Waals surface area contributed by atoms with E-state index in [9.17, 15) is 9.90 Å². The molecule has 3 aliphatic carbocycles. The van der Waals surface area contributed by atoms with Crippen LogP contribution in [-0.4, -0.2) is 24.3 Å². The summed E-state index contributed by atoms with van der Waals surface area (Å²) in [5, 5.41) is 10.8. The smallest absolute Gasteiger partial charge is 0.336 e. The molecule has 1 N–H and O–H groups in total. The highest BCUT2D eigenvalue weighted by Gasteiger charge is 2.69. The lowest BCUT2D eigenvalue weighted by molar-refractivity contribution is -0.137. The summed E-state index contributed by atoms with van der Waals surface area (Å²) in [5.41, 5.74) is 1.52. The maximum absolute atomic E-state index is 12.0. The molecule has 5 unspecified atom stereocenters. The number of carbonyl (C=O) groups is 1. The fourth-order valence-corrected chi connectivity index (χ4v) is 5.66. The SMILES string of the molecule is COC(=O)C1=C(C)C23CCC(C)C2CCC3(C)C1O. The molecule has 3 nitrogen and oxygen atoms in total. The van der Waals surface area contributed by atoms with Crippen LogP contribution in [0.3, 0.4) is 0 Å². The van der Waals surface area contributed by atoms with Gasteiger partial charge in [0.25, 0.3) is 0 Å². The van der Waals surface area contributed by atoms with E-state index in [0.717, 1.165) is 18.4 Å². The lowest BCUT2D eigenvalue weighted by Gasteiger charge is -2.42. The number of methoxy groups -OCH3 is 1. The maximum atomic E-state index is 12.0. The van der Waals surface area contributed by atoms with Crippen LogP contribution in [-0.2, 0) is 9.53 Å². The number of allylic oxidation sites excluding steroid dienone is 1. The highest BCUT2D eigenvalue weighted by Crippen LogP contribution is 2.73. The number of esters is 1. The number of aliphatic hydroxyl groups is 1. The van der Waals surface area contributed by atoms with Crippen molar-refractivity contribution in [3.8, 4) is 0 Å². The van der Waals surface area contributed by atoms with Crippen LogP contribution in [0.25, 0.3) is 0 Å². The van der Waals surface area contributed by atoms with Crippen molar-refractivity contribution in [2.45, 2.75) is 52.6 Å². The molecule has 0 radical (unpaired) electrons. The Bertz CT molecular complexity index is 467. The zero-order valence-electron chi connectivity index (χ0n) is 12.3. The zero-order valence-corrected chi connectivity index (χ0v) is 12.3. The van der Waals surface area contributed by atoms with Crippen LogP contribution < -0.4 is 0 Å². The second-order valence-electron chi connectivity index (χ2n) is 6.98. The van der Waals surface area contributed by atoms with Gasteiger partial charge in [0.2, 0.25) is 0 Å². The van der Waals surface area contributed by atoms with Gasteiger partial charge in [-0.1, -0.05) is 19.4 Å². The van der Waals surface area contributed by atoms with E-state index in [1.54, 1.807) is 0 Å². The standard InChI is InChI=1S/C16H24O3/c1-9-5-8-16-10(2)12(14(18)19-4)13(17)15(16,3)7-6-11(9)16/h9,11,13,17H,5-8H2,1-4H3. The first-order valence-electron chi connectivity index (χ1n) is 7.38. The van der Waals surface area contributed by atoms with Crippen LogP contribution in [0.2, 0.25) is 0 Å². The Balaban J connectivity index is 2.17. The van der Waals surface area contributed by atoms with E-state index in [2.05, 4.69) is 20.8 Å². The average molecular weight is 264 g/mol. The van der Waals surface area contributed by atoms with Crippen LogP contribution in [0.5, 0.6) is 0 Å². The molecule has 0 heterocycles. The topological polar surface area (TPSA) is 46.5 Å². The van der Waals surface area contributed by atoms with E-state index in [-0.39, 0.29) is 16.8 Å². The first kappa shape index (κ1) is 13.2. The van der Waals surface area contributed by atoms with Crippen LogP contribution in [0, 0.1) is 22.7 Å². The lowest BCUT2D eigenvalue weighted by Crippen LogP contribution is -2.41. The highest BCUT2D eigenvalue weighted by molar-refractivity contribution is 5.92. The first-order chi connectivity index (χ1) is 8.90. The molecule has 3 rings (SSSR count). The summed E-state index contributed by atoms with van der Waals surface area (Å²) >= 11 is 0. The summed E-state index contributed by atoms with van der Waals surface area (Å²) in [4.78, 5) is 12.0. The molecular formula is C16H24O3. The maximum Gasteiger partial charge on any atom is 0.336 e. The van der Waals surface area contributed by atoms with Crippen LogP contribution in [0.1, 0.15) is 46.5 Å². The minimum absolute atomic E-state index is 0.0371. The van der Waals surface area contributed by atoms with Gasteiger partial charge < -0.3 is 9.84 Å². The fraction of sp³-hybridized carbons (Fsp3) is 0.812. The summed E-state index contributed by atoms with van der Waals surface area (Å²) in [6.07, 6.45) is 3.86. The van der Waals surface area contributed by atoms with Gasteiger partial charge in [0.1, 0.15) is 0 Å². The van der Waals surface area contributed by atoms with Crippen molar-refractivity contribution in [2.24, 2.45) is 22.7 Å². The summed E-state index contributed by atoms with van der Waals surface area (Å²) in [6.45, 7) is 6.55. The van der Waals surface area contributed by atoms with Crippen molar-refractivity contribution in [3.05, 3.63) is 11.1 Å². The third-order valence-electron chi connectivity index (χ3n) is 6.66. The predicted molar refractivity (Wildman–Crippen MR) is 72.4 cm³/mol. The number of aliphatic hydroxyl groups excluding tert-OH is 1. The molecule has 0 aromatic heterocycles. The largest absolute Gasteiger partial charge is 0.466 e. The molecule has 1 spiro atoms. The normalized spacial score (nSPS) is 48.4. The van der Waals surface area contributed by atoms with Crippen molar-refractivity contribution in [3.63, 3.8) is 0 Å². The van der Waals surface area contributed by atoms with Gasteiger partial charge in [-0.15, -0.1) is 0 Å². The second-order valence-corrected chi connectivity index (χ2v) is 6.98. The van der Waals surface area contributed by atoms with E-state index in [1.807, 2.05) is 0 Å². The van der Waals surface area contributed by atoms with Gasteiger partial charge in [-0.05, 0) is 44.4 Å². The summed E-state index contributed by atoms with van der Waals surface area (Å²) in [7, 11) is 1.40. The van der Waals surface area contributed by atoms with Gasteiger partial charge in [-0.25, -0.2) is 4.79 Å². The Morgan fingerprint density at radius 3 is 2.68 bits per heavy atom. The summed E-state index contributed by atoms with van der Waals surface area (Å²) < 4.78 is 4.90. The zero-order chi connectivity index (χ0) is 14.0. The minimum Gasteiger partial charge on any atom is -0.466 e. The Hall–Kier alpha value is -0.830. The first-order valence-corrected chi connectivity index (χ1v) is 7.38. The molecule has 3 aliphatic rings. The van der Waals surface area contributed by atoms with Crippen molar-refractivity contribution < 1.29 is 14.6 Å². The predicted octanol–water partition coefficient (Wildman–Crippen LogP) is 2.68. The fourth-order valence-electron chi connectivity index (χ4n) is 5.66. The van der Waals surface area contributed by atoms with Gasteiger partial charge in [-0.3, -0.25) is 0 Å². The van der Waals surface area contributed by atoms with Gasteiger partial charge in [0.05, 0.1) is 18.8 Å². The number of carbonyl (C=O) groups excluding carboxylic acids is 1.